The molecule has 0 spiro atoms. The van der Waals surface area contributed by atoms with Gasteiger partial charge in [-0.1, -0.05) is 11.6 Å². The van der Waals surface area contributed by atoms with Gasteiger partial charge in [-0.05, 0) is 44.5 Å². The fraction of sp³-hybridized carbons (Fsp3) is 0.188. The lowest BCUT2D eigenvalue weighted by Gasteiger charge is -2.01. The number of amides is 1. The molecule has 108 valence electrons. The molecule has 1 aromatic carbocycles. The number of fused-ring (bicyclic) bond motifs is 1. The Morgan fingerprint density at radius 1 is 1.19 bits per heavy atom. The van der Waals surface area contributed by atoms with Crippen molar-refractivity contribution in [1.82, 2.24) is 4.98 Å². The van der Waals surface area contributed by atoms with E-state index in [1.807, 2.05) is 31.2 Å². The molecule has 0 atom stereocenters. The van der Waals surface area contributed by atoms with E-state index in [0.717, 1.165) is 27.8 Å². The third kappa shape index (κ3) is 2.59. The number of hydrogen-bond donors (Lipinski definition) is 2. The zero-order valence-corrected chi connectivity index (χ0v) is 13.1. The molecular formula is C16H17N2O2P. The van der Waals surface area contributed by atoms with Crippen LogP contribution in [0.1, 0.15) is 16.8 Å². The van der Waals surface area contributed by atoms with Crippen LogP contribution in [0.5, 0.6) is 0 Å². The van der Waals surface area contributed by atoms with Gasteiger partial charge in [-0.15, -0.1) is 0 Å². The van der Waals surface area contributed by atoms with E-state index in [9.17, 15) is 9.36 Å². The number of aromatic nitrogens is 1. The van der Waals surface area contributed by atoms with Crippen molar-refractivity contribution < 1.29 is 9.36 Å². The van der Waals surface area contributed by atoms with Crippen molar-refractivity contribution in [2.75, 3.05) is 18.6 Å². The maximum absolute atomic E-state index is 12.1. The second kappa shape index (κ2) is 4.74. The second-order valence-corrected chi connectivity index (χ2v) is 8.94. The highest BCUT2D eigenvalue weighted by atomic mass is 31.2. The average Bonchev–Trinajstić information content (AvgIpc) is 2.96. The van der Waals surface area contributed by atoms with Crippen LogP contribution in [-0.4, -0.2) is 24.2 Å². The first-order valence-electron chi connectivity index (χ1n) is 6.72. The molecule has 5 heteroatoms. The Hall–Kier alpha value is -2.06. The second-order valence-electron chi connectivity index (χ2n) is 5.73. The van der Waals surface area contributed by atoms with Crippen LogP contribution in [0.3, 0.4) is 0 Å². The number of nitrogens with one attached hydrogen (secondary N) is 2. The van der Waals surface area contributed by atoms with Crippen LogP contribution in [0.4, 0.5) is 5.69 Å². The quantitative estimate of drug-likeness (QED) is 0.661. The largest absolute Gasteiger partial charge is 0.361 e. The van der Waals surface area contributed by atoms with E-state index in [1.165, 1.54) is 0 Å². The number of rotatable bonds is 2. The predicted molar refractivity (Wildman–Crippen MR) is 87.6 cm³/mol. The zero-order valence-electron chi connectivity index (χ0n) is 12.2. The van der Waals surface area contributed by atoms with Crippen LogP contribution in [0, 0.1) is 6.92 Å². The van der Waals surface area contributed by atoms with Gasteiger partial charge in [0.15, 0.2) is 0 Å². The van der Waals surface area contributed by atoms with Gasteiger partial charge < -0.3 is 14.9 Å². The topological polar surface area (TPSA) is 62.0 Å². The van der Waals surface area contributed by atoms with Gasteiger partial charge in [0.1, 0.15) is 7.14 Å². The van der Waals surface area contributed by atoms with Crippen molar-refractivity contribution in [3.63, 3.8) is 0 Å². The molecule has 1 amide bonds. The number of hydrogen-bond acceptors (Lipinski definition) is 2. The van der Waals surface area contributed by atoms with Gasteiger partial charge in [-0.25, -0.2) is 0 Å². The monoisotopic (exact) mass is 300 g/mol. The summed E-state index contributed by atoms with van der Waals surface area (Å²) in [5.41, 5.74) is 4.26. The Morgan fingerprint density at radius 3 is 2.62 bits per heavy atom. The van der Waals surface area contributed by atoms with Gasteiger partial charge in [0.2, 0.25) is 0 Å². The molecule has 1 aromatic heterocycles. The number of carbonyl (C=O) groups excluding carboxylic acids is 1. The summed E-state index contributed by atoms with van der Waals surface area (Å²) >= 11 is 0. The maximum atomic E-state index is 12.1. The highest BCUT2D eigenvalue weighted by Crippen LogP contribution is 2.36. The number of aryl methyl sites for hydroxylation is 1. The molecule has 2 N–H and O–H groups in total. The lowest BCUT2D eigenvalue weighted by atomic mass is 10.0. The third-order valence-electron chi connectivity index (χ3n) is 3.57. The van der Waals surface area contributed by atoms with Gasteiger partial charge in [0.05, 0.1) is 5.57 Å². The molecule has 4 nitrogen and oxygen atoms in total. The van der Waals surface area contributed by atoms with E-state index in [4.69, 9.17) is 0 Å². The predicted octanol–water partition coefficient (Wildman–Crippen LogP) is 3.06. The summed E-state index contributed by atoms with van der Waals surface area (Å²) < 4.78 is 12.1. The van der Waals surface area contributed by atoms with Gasteiger partial charge >= 0.3 is 0 Å². The molecule has 0 radical (unpaired) electrons. The highest BCUT2D eigenvalue weighted by Gasteiger charge is 2.24. The van der Waals surface area contributed by atoms with E-state index >= 15 is 0 Å². The van der Waals surface area contributed by atoms with Crippen LogP contribution in [0.2, 0.25) is 0 Å². The molecular weight excluding hydrogens is 283 g/mol. The Morgan fingerprint density at radius 2 is 1.95 bits per heavy atom. The molecule has 1 aliphatic heterocycles. The first-order valence-corrected chi connectivity index (χ1v) is 9.33. The summed E-state index contributed by atoms with van der Waals surface area (Å²) in [6.07, 6.45) is 3.55. The van der Waals surface area contributed by atoms with Crippen molar-refractivity contribution in [1.29, 1.82) is 0 Å². The van der Waals surface area contributed by atoms with E-state index in [1.54, 1.807) is 25.6 Å². The van der Waals surface area contributed by atoms with Gasteiger partial charge in [0.25, 0.3) is 5.91 Å². The third-order valence-corrected chi connectivity index (χ3v) is 5.07. The molecule has 21 heavy (non-hydrogen) atoms. The molecule has 2 aromatic rings. The number of aromatic amines is 1. The van der Waals surface area contributed by atoms with E-state index in [2.05, 4.69) is 10.3 Å². The maximum Gasteiger partial charge on any atom is 0.256 e. The van der Waals surface area contributed by atoms with Crippen LogP contribution in [0.25, 0.3) is 11.6 Å². The van der Waals surface area contributed by atoms with Gasteiger partial charge in [0, 0.05) is 28.4 Å². The molecule has 1 aliphatic rings. The van der Waals surface area contributed by atoms with E-state index < -0.39 is 7.14 Å². The van der Waals surface area contributed by atoms with Crippen molar-refractivity contribution in [2.45, 2.75) is 6.92 Å². The standard InChI is InChI=1S/C16H17N2O2P/c1-10-4-5-15-13(6-10)14(16(19)18-15)8-11-7-12(9-17-11)21(2,3)20/h4-9,17H,1-3H3,(H,18,19)/b14-8-. The molecule has 0 saturated heterocycles. The molecule has 0 fully saturated rings. The average molecular weight is 300 g/mol. The normalized spacial score (nSPS) is 16.1. The molecule has 0 unspecified atom stereocenters. The minimum absolute atomic E-state index is 0.108. The van der Waals surface area contributed by atoms with Gasteiger partial charge in [-0.3, -0.25) is 4.79 Å². The smallest absolute Gasteiger partial charge is 0.256 e. The van der Waals surface area contributed by atoms with E-state index in [-0.39, 0.29) is 5.91 Å². The fourth-order valence-electron chi connectivity index (χ4n) is 2.39. The Labute approximate surface area is 123 Å². The Kier molecular flexibility index (Phi) is 3.14. The Balaban J connectivity index is 2.05. The highest BCUT2D eigenvalue weighted by molar-refractivity contribution is 7.70. The molecule has 0 saturated carbocycles. The SMILES string of the molecule is Cc1ccc2c(c1)/C(=C/c1cc(P(C)(C)=O)c[nH]1)C(=O)N2. The van der Waals surface area contributed by atoms with Crippen LogP contribution in [-0.2, 0) is 9.36 Å². The number of benzene rings is 1. The Bertz CT molecular complexity index is 811. The van der Waals surface area contributed by atoms with Crippen molar-refractivity contribution >= 4 is 35.7 Å². The van der Waals surface area contributed by atoms with Gasteiger partial charge in [-0.2, -0.15) is 0 Å². The zero-order chi connectivity index (χ0) is 15.2. The molecule has 0 bridgehead atoms. The summed E-state index contributed by atoms with van der Waals surface area (Å²) in [6.45, 7) is 5.46. The van der Waals surface area contributed by atoms with Crippen LogP contribution < -0.4 is 10.6 Å². The minimum atomic E-state index is -2.29. The summed E-state index contributed by atoms with van der Waals surface area (Å²) in [4.78, 5) is 15.2. The molecule has 3 rings (SSSR count). The van der Waals surface area contributed by atoms with Crippen molar-refractivity contribution in [3.05, 3.63) is 47.3 Å². The van der Waals surface area contributed by atoms with E-state index in [0.29, 0.717) is 5.57 Å². The summed E-state index contributed by atoms with van der Waals surface area (Å²) in [6, 6.07) is 7.72. The summed E-state index contributed by atoms with van der Waals surface area (Å²) in [5.74, 6) is -0.108. The lowest BCUT2D eigenvalue weighted by Crippen LogP contribution is -2.03. The van der Waals surface area contributed by atoms with Crippen molar-refractivity contribution in [3.8, 4) is 0 Å². The summed E-state index contributed by atoms with van der Waals surface area (Å²) in [5, 5.41) is 3.65. The van der Waals surface area contributed by atoms with Crippen LogP contribution in [0.15, 0.2) is 30.5 Å². The minimum Gasteiger partial charge on any atom is -0.361 e. The van der Waals surface area contributed by atoms with Crippen LogP contribution >= 0.6 is 7.14 Å². The molecule has 2 heterocycles. The lowest BCUT2D eigenvalue weighted by molar-refractivity contribution is -0.110. The molecule has 0 aliphatic carbocycles. The number of H-pyrrole nitrogens is 1. The summed E-state index contributed by atoms with van der Waals surface area (Å²) in [7, 11) is -2.29. The van der Waals surface area contributed by atoms with Crippen molar-refractivity contribution in [2.24, 2.45) is 0 Å². The number of anilines is 1. The first-order chi connectivity index (χ1) is 9.84. The number of carbonyl (C=O) groups is 1. The fourth-order valence-corrected chi connectivity index (χ4v) is 3.22. The first kappa shape index (κ1) is 13.9.